The number of fused-ring (bicyclic) bond motifs is 1. The van der Waals surface area contributed by atoms with Crippen LogP contribution in [0.25, 0.3) is 11.0 Å². The minimum absolute atomic E-state index is 0.0729. The highest BCUT2D eigenvalue weighted by Crippen LogP contribution is 2.38. The van der Waals surface area contributed by atoms with Gasteiger partial charge in [0.15, 0.2) is 5.82 Å². The molecule has 2 aliphatic rings. The molecule has 2 fully saturated rings. The fraction of sp³-hybridized carbons (Fsp3) is 0.538. The van der Waals surface area contributed by atoms with E-state index in [-0.39, 0.29) is 42.7 Å². The van der Waals surface area contributed by atoms with Gasteiger partial charge >= 0.3 is 6.09 Å². The molecule has 0 unspecified atom stereocenters. The number of hydrogen-bond acceptors (Lipinski definition) is 6. The average Bonchev–Trinajstić information content (AvgIpc) is 3.56. The molecule has 3 aromatic rings. The van der Waals surface area contributed by atoms with E-state index in [2.05, 4.69) is 27.4 Å². The highest BCUT2D eigenvalue weighted by molar-refractivity contribution is 5.95. The zero-order valence-electron chi connectivity index (χ0n) is 21.0. The van der Waals surface area contributed by atoms with E-state index in [1.807, 2.05) is 6.92 Å². The van der Waals surface area contributed by atoms with Crippen molar-refractivity contribution in [3.05, 3.63) is 46.9 Å². The molecule has 1 saturated carbocycles. The molecule has 1 aliphatic heterocycles. The second kappa shape index (κ2) is 10.5. The second-order valence-electron chi connectivity index (χ2n) is 10.1. The zero-order chi connectivity index (χ0) is 26.1. The minimum atomic E-state index is -1.12. The number of carbonyl (C=O) groups is 2. The van der Waals surface area contributed by atoms with Crippen LogP contribution in [0, 0.1) is 17.7 Å². The molecule has 3 heterocycles. The number of carbonyl (C=O) groups excluding carboxylic acids is 1. The number of aromatic amines is 1. The Bertz CT molecular complexity index is 1280. The van der Waals surface area contributed by atoms with Crippen molar-refractivity contribution in [2.24, 2.45) is 11.8 Å². The third-order valence-corrected chi connectivity index (χ3v) is 7.71. The summed E-state index contributed by atoms with van der Waals surface area (Å²) >= 11 is 0. The molecule has 1 aliphatic carbocycles. The molecular formula is C26H32FN5O5. The normalized spacial score (nSPS) is 23.2. The molecule has 0 bridgehead atoms. The van der Waals surface area contributed by atoms with Gasteiger partial charge < -0.3 is 24.7 Å². The second-order valence-corrected chi connectivity index (χ2v) is 10.1. The van der Waals surface area contributed by atoms with E-state index in [1.54, 1.807) is 12.1 Å². The van der Waals surface area contributed by atoms with Crippen molar-refractivity contribution in [3.8, 4) is 0 Å². The molecule has 2 atom stereocenters. The van der Waals surface area contributed by atoms with Crippen LogP contribution in [-0.4, -0.2) is 56.9 Å². The Morgan fingerprint density at radius 1 is 1.30 bits per heavy atom. The van der Waals surface area contributed by atoms with Gasteiger partial charge in [-0.2, -0.15) is 0 Å². The Morgan fingerprint density at radius 2 is 2.08 bits per heavy atom. The number of carboxylic acid groups (broad SMARTS) is 1. The maximum absolute atomic E-state index is 15.8. The van der Waals surface area contributed by atoms with Gasteiger partial charge in [0.05, 0.1) is 36.5 Å². The van der Waals surface area contributed by atoms with Gasteiger partial charge in [-0.25, -0.2) is 14.2 Å². The molecule has 1 aromatic carbocycles. The maximum Gasteiger partial charge on any atom is 0.407 e. The number of aryl methyl sites for hydroxylation is 1. The average molecular weight is 514 g/mol. The summed E-state index contributed by atoms with van der Waals surface area (Å²) in [6.45, 7) is 4.63. The number of benzene rings is 1. The summed E-state index contributed by atoms with van der Waals surface area (Å²) in [6.07, 6.45) is 4.68. The number of amides is 2. The van der Waals surface area contributed by atoms with Crippen LogP contribution in [0.5, 0.6) is 0 Å². The van der Waals surface area contributed by atoms with Crippen LogP contribution >= 0.6 is 0 Å². The van der Waals surface area contributed by atoms with E-state index in [1.165, 1.54) is 11.2 Å². The van der Waals surface area contributed by atoms with Crippen molar-refractivity contribution in [1.29, 1.82) is 0 Å². The number of halogens is 1. The summed E-state index contributed by atoms with van der Waals surface area (Å²) < 4.78 is 26.3. The van der Waals surface area contributed by atoms with Crippen LogP contribution in [0.4, 0.5) is 9.18 Å². The van der Waals surface area contributed by atoms with Gasteiger partial charge in [-0.05, 0) is 37.2 Å². The standard InChI is InChI=1S/C26H32FN5O5/c1-3-18-17(12-37-31-18)25(33)30-22(15-6-4-14(2)5-7-15)24-28-19-9-8-16(21(27)23(19)29-24)20-13-36-11-10-32(20)26(34)35/h8-9,12,14-15,20,22H,3-7,10-11,13H2,1-2H3,(H,28,29)(H,30,33)(H,34,35)/t14?,15?,20-,22+/m1/s1. The van der Waals surface area contributed by atoms with Crippen LogP contribution in [0.3, 0.4) is 0 Å². The van der Waals surface area contributed by atoms with Gasteiger partial charge in [-0.15, -0.1) is 0 Å². The predicted molar refractivity (Wildman–Crippen MR) is 132 cm³/mol. The van der Waals surface area contributed by atoms with Crippen LogP contribution < -0.4 is 5.32 Å². The number of ether oxygens (including phenoxy) is 1. The molecule has 5 rings (SSSR count). The molecule has 0 spiro atoms. The van der Waals surface area contributed by atoms with Crippen LogP contribution in [0.1, 0.15) is 79.1 Å². The Hall–Kier alpha value is -3.47. The Morgan fingerprint density at radius 3 is 2.81 bits per heavy atom. The van der Waals surface area contributed by atoms with Crippen molar-refractivity contribution in [1.82, 2.24) is 25.3 Å². The third kappa shape index (κ3) is 4.92. The molecule has 11 heteroatoms. The van der Waals surface area contributed by atoms with Crippen molar-refractivity contribution in [3.63, 3.8) is 0 Å². The van der Waals surface area contributed by atoms with Crippen LogP contribution in [0.15, 0.2) is 22.9 Å². The number of aromatic nitrogens is 3. The highest BCUT2D eigenvalue weighted by atomic mass is 19.1. The van der Waals surface area contributed by atoms with Crippen LogP contribution in [0.2, 0.25) is 0 Å². The first-order valence-electron chi connectivity index (χ1n) is 12.9. The van der Waals surface area contributed by atoms with Crippen molar-refractivity contribution in [2.45, 2.75) is 58.0 Å². The summed E-state index contributed by atoms with van der Waals surface area (Å²) in [7, 11) is 0. The smallest absolute Gasteiger partial charge is 0.407 e. The summed E-state index contributed by atoms with van der Waals surface area (Å²) in [5.41, 5.74) is 1.78. The van der Waals surface area contributed by atoms with Crippen molar-refractivity contribution < 1.29 is 28.3 Å². The predicted octanol–water partition coefficient (Wildman–Crippen LogP) is 4.60. The molecule has 3 N–H and O–H groups in total. The maximum atomic E-state index is 15.8. The van der Waals surface area contributed by atoms with Gasteiger partial charge in [-0.1, -0.05) is 37.9 Å². The van der Waals surface area contributed by atoms with Gasteiger partial charge in [0.2, 0.25) is 0 Å². The highest BCUT2D eigenvalue weighted by Gasteiger charge is 2.34. The molecule has 2 aromatic heterocycles. The molecular weight excluding hydrogens is 481 g/mol. The van der Waals surface area contributed by atoms with Gasteiger partial charge in [0.1, 0.15) is 23.2 Å². The lowest BCUT2D eigenvalue weighted by atomic mass is 9.79. The number of imidazole rings is 1. The van der Waals surface area contributed by atoms with E-state index >= 15 is 4.39 Å². The number of hydrogen-bond donors (Lipinski definition) is 3. The van der Waals surface area contributed by atoms with E-state index in [0.717, 1.165) is 25.7 Å². The SMILES string of the molecule is CCc1nocc1C(=O)N[C@H](c1nc2c(F)c([C@H]3COCCN3C(=O)O)ccc2[nH]1)C1CCC(C)CC1. The fourth-order valence-corrected chi connectivity index (χ4v) is 5.52. The van der Waals surface area contributed by atoms with Gasteiger partial charge in [0.25, 0.3) is 5.91 Å². The van der Waals surface area contributed by atoms with E-state index in [4.69, 9.17) is 9.26 Å². The summed E-state index contributed by atoms with van der Waals surface area (Å²) in [5.74, 6) is 0.324. The minimum Gasteiger partial charge on any atom is -0.465 e. The summed E-state index contributed by atoms with van der Waals surface area (Å²) in [4.78, 5) is 34.0. The van der Waals surface area contributed by atoms with Crippen molar-refractivity contribution >= 4 is 23.0 Å². The lowest BCUT2D eigenvalue weighted by Gasteiger charge is -2.33. The van der Waals surface area contributed by atoms with Crippen molar-refractivity contribution in [2.75, 3.05) is 19.8 Å². The zero-order valence-corrected chi connectivity index (χ0v) is 21.0. The molecule has 2 amide bonds. The van der Waals surface area contributed by atoms with Gasteiger partial charge in [-0.3, -0.25) is 9.69 Å². The fourth-order valence-electron chi connectivity index (χ4n) is 5.52. The molecule has 10 nitrogen and oxygen atoms in total. The summed E-state index contributed by atoms with van der Waals surface area (Å²) in [5, 5.41) is 16.6. The first-order chi connectivity index (χ1) is 17.9. The number of H-pyrrole nitrogens is 1. The van der Waals surface area contributed by atoms with Gasteiger partial charge in [0, 0.05) is 12.1 Å². The monoisotopic (exact) mass is 513 g/mol. The lowest BCUT2D eigenvalue weighted by molar-refractivity contribution is -0.00190. The number of nitrogens with one attached hydrogen (secondary N) is 2. The first-order valence-corrected chi connectivity index (χ1v) is 12.9. The topological polar surface area (TPSA) is 134 Å². The van der Waals surface area contributed by atoms with E-state index in [0.29, 0.717) is 34.9 Å². The quantitative estimate of drug-likeness (QED) is 0.439. The molecule has 0 radical (unpaired) electrons. The van der Waals surface area contributed by atoms with Crippen LogP contribution in [-0.2, 0) is 11.2 Å². The Labute approximate surface area is 213 Å². The Balaban J connectivity index is 1.50. The largest absolute Gasteiger partial charge is 0.465 e. The number of rotatable bonds is 6. The molecule has 198 valence electrons. The lowest BCUT2D eigenvalue weighted by Crippen LogP contribution is -2.43. The number of nitrogens with zero attached hydrogens (tertiary/aromatic N) is 3. The number of morpholine rings is 1. The molecule has 1 saturated heterocycles. The third-order valence-electron chi connectivity index (χ3n) is 7.71. The van der Waals surface area contributed by atoms with E-state index in [9.17, 15) is 14.7 Å². The summed E-state index contributed by atoms with van der Waals surface area (Å²) in [6, 6.07) is 2.07. The first kappa shape index (κ1) is 25.2. The Kier molecular flexibility index (Phi) is 7.14. The van der Waals surface area contributed by atoms with E-state index < -0.39 is 24.0 Å². The molecule has 37 heavy (non-hydrogen) atoms.